The van der Waals surface area contributed by atoms with Crippen molar-refractivity contribution in [1.29, 1.82) is 0 Å². The summed E-state index contributed by atoms with van der Waals surface area (Å²) in [5.74, 6) is 1.46. The van der Waals surface area contributed by atoms with Crippen molar-refractivity contribution in [3.05, 3.63) is 41.8 Å². The number of pyridine rings is 1. The predicted molar refractivity (Wildman–Crippen MR) is 69.5 cm³/mol. The molecule has 0 saturated heterocycles. The molecule has 0 atom stereocenters. The summed E-state index contributed by atoms with van der Waals surface area (Å²) in [6.07, 6.45) is 4.81. The van der Waals surface area contributed by atoms with Gasteiger partial charge in [-0.25, -0.2) is 0 Å². The lowest BCUT2D eigenvalue weighted by molar-refractivity contribution is -0.119. The molecular formula is C14H17N3O2. The molecule has 2 rings (SSSR count). The number of rotatable bonds is 6. The zero-order valence-corrected chi connectivity index (χ0v) is 11.2. The van der Waals surface area contributed by atoms with Crippen LogP contribution in [0.3, 0.4) is 0 Å². The molecule has 0 aliphatic rings. The van der Waals surface area contributed by atoms with Crippen LogP contribution in [0.2, 0.25) is 0 Å². The molecular weight excluding hydrogens is 242 g/mol. The molecule has 0 radical (unpaired) electrons. The van der Waals surface area contributed by atoms with Crippen LogP contribution >= 0.6 is 0 Å². The summed E-state index contributed by atoms with van der Waals surface area (Å²) in [6, 6.07) is 3.81. The molecule has 0 aliphatic heterocycles. The van der Waals surface area contributed by atoms with Crippen molar-refractivity contribution in [2.45, 2.75) is 33.1 Å². The third-order valence-electron chi connectivity index (χ3n) is 2.58. The number of ketones is 1. The van der Waals surface area contributed by atoms with Crippen LogP contribution in [-0.4, -0.2) is 20.9 Å². The van der Waals surface area contributed by atoms with E-state index in [-0.39, 0.29) is 12.2 Å². The fourth-order valence-electron chi connectivity index (χ4n) is 1.82. The summed E-state index contributed by atoms with van der Waals surface area (Å²) in [5.41, 5.74) is 1.02. The van der Waals surface area contributed by atoms with Gasteiger partial charge in [0, 0.05) is 25.2 Å². The van der Waals surface area contributed by atoms with Crippen LogP contribution < -0.4 is 0 Å². The smallest absolute Gasteiger partial charge is 0.234 e. The molecule has 5 heteroatoms. The van der Waals surface area contributed by atoms with E-state index in [4.69, 9.17) is 4.52 Å². The van der Waals surface area contributed by atoms with E-state index in [0.717, 1.165) is 5.56 Å². The first kappa shape index (κ1) is 13.4. The lowest BCUT2D eigenvalue weighted by Gasteiger charge is -2.00. The van der Waals surface area contributed by atoms with E-state index in [1.807, 2.05) is 26.0 Å². The minimum absolute atomic E-state index is 0.131. The largest absolute Gasteiger partial charge is 0.339 e. The van der Waals surface area contributed by atoms with Gasteiger partial charge in [-0.15, -0.1) is 0 Å². The lowest BCUT2D eigenvalue weighted by Crippen LogP contribution is -2.06. The Labute approximate surface area is 112 Å². The van der Waals surface area contributed by atoms with E-state index in [1.165, 1.54) is 0 Å². The normalized spacial score (nSPS) is 10.9. The van der Waals surface area contributed by atoms with E-state index >= 15 is 0 Å². The van der Waals surface area contributed by atoms with Crippen LogP contribution in [0.15, 0.2) is 29.0 Å². The van der Waals surface area contributed by atoms with Gasteiger partial charge in [0.15, 0.2) is 5.82 Å². The molecule has 2 heterocycles. The molecule has 0 unspecified atom stereocenters. The second-order valence-electron chi connectivity index (χ2n) is 4.96. The zero-order chi connectivity index (χ0) is 13.7. The maximum absolute atomic E-state index is 11.7. The van der Waals surface area contributed by atoms with Crippen molar-refractivity contribution in [2.24, 2.45) is 5.92 Å². The van der Waals surface area contributed by atoms with Crippen LogP contribution in [0.1, 0.15) is 37.5 Å². The quantitative estimate of drug-likeness (QED) is 0.795. The number of aromatic nitrogens is 3. The fraction of sp³-hybridized carbons (Fsp3) is 0.429. The molecule has 2 aromatic rings. The zero-order valence-electron chi connectivity index (χ0n) is 11.2. The average molecular weight is 259 g/mol. The van der Waals surface area contributed by atoms with Crippen molar-refractivity contribution >= 4 is 5.78 Å². The van der Waals surface area contributed by atoms with Crippen LogP contribution in [0.5, 0.6) is 0 Å². The standard InChI is InChI=1S/C14H17N3O2/c1-10(2)6-12(18)8-14-16-13(17-19-14)7-11-4-3-5-15-9-11/h3-5,9-10H,6-8H2,1-2H3. The summed E-state index contributed by atoms with van der Waals surface area (Å²) in [7, 11) is 0. The average Bonchev–Trinajstić information content (AvgIpc) is 2.76. The highest BCUT2D eigenvalue weighted by Gasteiger charge is 2.12. The predicted octanol–water partition coefficient (Wildman–Crippen LogP) is 2.21. The minimum Gasteiger partial charge on any atom is -0.339 e. The van der Waals surface area contributed by atoms with Crippen LogP contribution in [0.25, 0.3) is 0 Å². The van der Waals surface area contributed by atoms with Crippen LogP contribution in [-0.2, 0) is 17.6 Å². The lowest BCUT2D eigenvalue weighted by atomic mass is 10.1. The Bertz CT molecular complexity index is 535. The van der Waals surface area contributed by atoms with E-state index in [1.54, 1.807) is 12.4 Å². The number of carbonyl (C=O) groups is 1. The number of hydrogen-bond acceptors (Lipinski definition) is 5. The van der Waals surface area contributed by atoms with Gasteiger partial charge in [0.25, 0.3) is 0 Å². The van der Waals surface area contributed by atoms with E-state index < -0.39 is 0 Å². The van der Waals surface area contributed by atoms with Gasteiger partial charge < -0.3 is 4.52 Å². The molecule has 0 amide bonds. The van der Waals surface area contributed by atoms with Crippen molar-refractivity contribution in [3.63, 3.8) is 0 Å². The molecule has 0 fully saturated rings. The Kier molecular flexibility index (Phi) is 4.39. The molecule has 100 valence electrons. The summed E-state index contributed by atoms with van der Waals surface area (Å²) in [6.45, 7) is 4.03. The topological polar surface area (TPSA) is 68.9 Å². The molecule has 0 spiro atoms. The maximum Gasteiger partial charge on any atom is 0.234 e. The Morgan fingerprint density at radius 2 is 2.26 bits per heavy atom. The summed E-state index contributed by atoms with van der Waals surface area (Å²) in [5, 5.41) is 3.88. The number of nitrogens with zero attached hydrogens (tertiary/aromatic N) is 3. The van der Waals surface area contributed by atoms with Crippen LogP contribution in [0, 0.1) is 5.92 Å². The highest BCUT2D eigenvalue weighted by atomic mass is 16.5. The molecule has 0 bridgehead atoms. The Morgan fingerprint density at radius 1 is 1.42 bits per heavy atom. The van der Waals surface area contributed by atoms with Gasteiger partial charge in [-0.05, 0) is 17.5 Å². The Hall–Kier alpha value is -2.04. The molecule has 0 aliphatic carbocycles. The number of Topliss-reactive ketones (excluding diaryl/α,β-unsaturated/α-hetero) is 1. The fourth-order valence-corrected chi connectivity index (χ4v) is 1.82. The van der Waals surface area contributed by atoms with Crippen LogP contribution in [0.4, 0.5) is 0 Å². The van der Waals surface area contributed by atoms with E-state index in [2.05, 4.69) is 15.1 Å². The Balaban J connectivity index is 1.94. The molecule has 2 aromatic heterocycles. The highest BCUT2D eigenvalue weighted by Crippen LogP contribution is 2.08. The number of carbonyl (C=O) groups excluding carboxylic acids is 1. The van der Waals surface area contributed by atoms with Gasteiger partial charge in [0.2, 0.25) is 5.89 Å². The first-order valence-corrected chi connectivity index (χ1v) is 6.35. The van der Waals surface area contributed by atoms with E-state index in [9.17, 15) is 4.79 Å². The van der Waals surface area contributed by atoms with E-state index in [0.29, 0.717) is 30.5 Å². The van der Waals surface area contributed by atoms with Crippen molar-refractivity contribution in [1.82, 2.24) is 15.1 Å². The van der Waals surface area contributed by atoms with Crippen molar-refractivity contribution < 1.29 is 9.32 Å². The molecule has 5 nitrogen and oxygen atoms in total. The van der Waals surface area contributed by atoms with Gasteiger partial charge in [0.1, 0.15) is 5.78 Å². The second kappa shape index (κ2) is 6.22. The first-order chi connectivity index (χ1) is 9.13. The van der Waals surface area contributed by atoms with Gasteiger partial charge in [-0.3, -0.25) is 9.78 Å². The summed E-state index contributed by atoms with van der Waals surface area (Å²) >= 11 is 0. The monoisotopic (exact) mass is 259 g/mol. The summed E-state index contributed by atoms with van der Waals surface area (Å²) < 4.78 is 5.09. The van der Waals surface area contributed by atoms with Crippen molar-refractivity contribution in [2.75, 3.05) is 0 Å². The third-order valence-corrected chi connectivity index (χ3v) is 2.58. The SMILES string of the molecule is CC(C)CC(=O)Cc1nc(Cc2cccnc2)no1. The summed E-state index contributed by atoms with van der Waals surface area (Å²) in [4.78, 5) is 19.9. The second-order valence-corrected chi connectivity index (χ2v) is 4.96. The minimum atomic E-state index is 0.131. The maximum atomic E-state index is 11.7. The van der Waals surface area contributed by atoms with Crippen molar-refractivity contribution in [3.8, 4) is 0 Å². The highest BCUT2D eigenvalue weighted by molar-refractivity contribution is 5.80. The van der Waals surface area contributed by atoms with Gasteiger partial charge in [-0.2, -0.15) is 4.98 Å². The third kappa shape index (κ3) is 4.28. The Morgan fingerprint density at radius 3 is 2.95 bits per heavy atom. The van der Waals surface area contributed by atoms with Gasteiger partial charge in [0.05, 0.1) is 6.42 Å². The first-order valence-electron chi connectivity index (χ1n) is 6.35. The molecule has 0 N–H and O–H groups in total. The molecule has 19 heavy (non-hydrogen) atoms. The molecule has 0 aromatic carbocycles. The van der Waals surface area contributed by atoms with Gasteiger partial charge in [-0.1, -0.05) is 25.1 Å². The van der Waals surface area contributed by atoms with Gasteiger partial charge >= 0.3 is 0 Å². The number of hydrogen-bond donors (Lipinski definition) is 0. The molecule has 0 saturated carbocycles.